The summed E-state index contributed by atoms with van der Waals surface area (Å²) in [6.07, 6.45) is 2.11. The molecule has 5 rings (SSSR count). The predicted octanol–water partition coefficient (Wildman–Crippen LogP) is 7.13. The van der Waals surface area contributed by atoms with Gasteiger partial charge < -0.3 is 10.6 Å². The zero-order valence-electron chi connectivity index (χ0n) is 17.8. The van der Waals surface area contributed by atoms with Crippen LogP contribution in [0.25, 0.3) is 0 Å². The van der Waals surface area contributed by atoms with E-state index in [4.69, 9.17) is 0 Å². The molecule has 2 atom stereocenters. The molecule has 2 N–H and O–H groups in total. The van der Waals surface area contributed by atoms with Crippen LogP contribution in [0.1, 0.15) is 48.4 Å². The number of benzene rings is 3. The molecule has 2 unspecified atom stereocenters. The van der Waals surface area contributed by atoms with Crippen molar-refractivity contribution in [2.45, 2.75) is 38.1 Å². The van der Waals surface area contributed by atoms with Gasteiger partial charge in [0.25, 0.3) is 0 Å². The van der Waals surface area contributed by atoms with Gasteiger partial charge >= 0.3 is 0 Å². The number of anilines is 2. The van der Waals surface area contributed by atoms with Gasteiger partial charge in [-0.05, 0) is 60.2 Å². The first-order valence-electron chi connectivity index (χ1n) is 11.0. The largest absolute Gasteiger partial charge is 0.372 e. The van der Waals surface area contributed by atoms with Crippen molar-refractivity contribution < 1.29 is 9.18 Å². The molecule has 0 radical (unpaired) electrons. The van der Waals surface area contributed by atoms with E-state index in [-0.39, 0.29) is 17.5 Å². The lowest BCUT2D eigenvalue weighted by atomic mass is 9.78. The van der Waals surface area contributed by atoms with Gasteiger partial charge in [0.05, 0.1) is 17.4 Å². The summed E-state index contributed by atoms with van der Waals surface area (Å²) < 4.78 is 15.7. The molecule has 0 bridgehead atoms. The lowest BCUT2D eigenvalue weighted by Gasteiger charge is -2.30. The molecule has 3 aromatic carbocycles. The average Bonchev–Trinajstić information content (AvgIpc) is 2.97. The minimum Gasteiger partial charge on any atom is -0.372 e. The number of hydrogen-bond donors (Lipinski definition) is 2. The standard InChI is InChI=1S/C27H24BrFN2O/c1-2-16-7-9-17(10-8-16)18-13-24-26(25(32)14-18)27(20-15-19(28)11-12-21(20)29)31-23-6-4-3-5-22(23)30-24/h3-12,15,18,27,30-31H,2,13-14H2,1H3. The van der Waals surface area contributed by atoms with Gasteiger partial charge in [0, 0.05) is 27.7 Å². The summed E-state index contributed by atoms with van der Waals surface area (Å²) in [5.41, 5.74) is 6.15. The molecule has 1 aliphatic heterocycles. The van der Waals surface area contributed by atoms with E-state index in [0.29, 0.717) is 24.0 Å². The van der Waals surface area contributed by atoms with Crippen LogP contribution in [-0.2, 0) is 11.2 Å². The van der Waals surface area contributed by atoms with E-state index in [1.807, 2.05) is 24.3 Å². The number of hydrogen-bond acceptors (Lipinski definition) is 3. The SMILES string of the molecule is CCc1ccc(C2CC(=O)C3=C(C2)Nc2ccccc2NC3c2cc(Br)ccc2F)cc1. The molecule has 0 spiro atoms. The fourth-order valence-electron chi connectivity index (χ4n) is 4.72. The summed E-state index contributed by atoms with van der Waals surface area (Å²) in [7, 11) is 0. The molecule has 0 saturated carbocycles. The highest BCUT2D eigenvalue weighted by molar-refractivity contribution is 9.10. The molecule has 0 saturated heterocycles. The van der Waals surface area contributed by atoms with Crippen LogP contribution >= 0.6 is 15.9 Å². The van der Waals surface area contributed by atoms with Crippen LogP contribution in [0.5, 0.6) is 0 Å². The summed E-state index contributed by atoms with van der Waals surface area (Å²) in [6, 6.07) is 20.7. The Morgan fingerprint density at radius 2 is 1.75 bits per heavy atom. The summed E-state index contributed by atoms with van der Waals surface area (Å²) in [4.78, 5) is 13.5. The normalized spacial score (nSPS) is 20.0. The van der Waals surface area contributed by atoms with E-state index in [9.17, 15) is 9.18 Å². The Kier molecular flexibility index (Phi) is 5.60. The summed E-state index contributed by atoms with van der Waals surface area (Å²) in [6.45, 7) is 2.14. The third kappa shape index (κ3) is 3.86. The van der Waals surface area contributed by atoms with E-state index in [0.717, 1.165) is 28.0 Å². The van der Waals surface area contributed by atoms with Crippen molar-refractivity contribution in [1.82, 2.24) is 0 Å². The van der Waals surface area contributed by atoms with Crippen molar-refractivity contribution in [2.24, 2.45) is 0 Å². The summed E-state index contributed by atoms with van der Waals surface area (Å²) in [5.74, 6) is -0.187. The van der Waals surface area contributed by atoms with Crippen molar-refractivity contribution in [3.8, 4) is 0 Å². The molecule has 2 aliphatic rings. The van der Waals surface area contributed by atoms with Crippen LogP contribution in [0.15, 0.2) is 82.5 Å². The number of rotatable bonds is 3. The number of Topliss-reactive ketones (excluding diaryl/α,β-unsaturated/α-hetero) is 1. The highest BCUT2D eigenvalue weighted by Crippen LogP contribution is 2.44. The first-order chi connectivity index (χ1) is 15.5. The zero-order valence-corrected chi connectivity index (χ0v) is 19.4. The number of carbonyl (C=O) groups is 1. The third-order valence-electron chi connectivity index (χ3n) is 6.44. The number of carbonyl (C=O) groups excluding carboxylic acids is 1. The second-order valence-electron chi connectivity index (χ2n) is 8.43. The molecule has 3 nitrogen and oxygen atoms in total. The van der Waals surface area contributed by atoms with Crippen molar-refractivity contribution in [2.75, 3.05) is 10.6 Å². The van der Waals surface area contributed by atoms with Gasteiger partial charge in [-0.25, -0.2) is 4.39 Å². The Morgan fingerprint density at radius 1 is 1.00 bits per heavy atom. The van der Waals surface area contributed by atoms with E-state index >= 15 is 0 Å². The van der Waals surface area contributed by atoms with Crippen molar-refractivity contribution in [1.29, 1.82) is 0 Å². The molecule has 1 aliphatic carbocycles. The number of para-hydroxylation sites is 2. The molecule has 1 heterocycles. The van der Waals surface area contributed by atoms with Crippen LogP contribution in [0.2, 0.25) is 0 Å². The van der Waals surface area contributed by atoms with Crippen molar-refractivity contribution >= 4 is 33.1 Å². The lowest BCUT2D eigenvalue weighted by Crippen LogP contribution is -2.27. The lowest BCUT2D eigenvalue weighted by molar-refractivity contribution is -0.116. The molecule has 0 amide bonds. The van der Waals surface area contributed by atoms with Crippen molar-refractivity contribution in [3.63, 3.8) is 0 Å². The fraction of sp³-hybridized carbons (Fsp3) is 0.222. The van der Waals surface area contributed by atoms with Crippen LogP contribution < -0.4 is 10.6 Å². The van der Waals surface area contributed by atoms with Crippen LogP contribution in [0, 0.1) is 5.82 Å². The average molecular weight is 491 g/mol. The van der Waals surface area contributed by atoms with Gasteiger partial charge in [-0.1, -0.05) is 59.3 Å². The Labute approximate surface area is 195 Å². The number of fused-ring (bicyclic) bond motifs is 1. The van der Waals surface area contributed by atoms with Gasteiger partial charge in [0.1, 0.15) is 5.82 Å². The highest BCUT2D eigenvalue weighted by Gasteiger charge is 2.37. The Bertz CT molecular complexity index is 1220. The molecule has 32 heavy (non-hydrogen) atoms. The fourth-order valence-corrected chi connectivity index (χ4v) is 5.10. The minimum atomic E-state index is -0.561. The Hall–Kier alpha value is -2.92. The first-order valence-corrected chi connectivity index (χ1v) is 11.8. The Balaban J connectivity index is 1.61. The van der Waals surface area contributed by atoms with Crippen LogP contribution in [-0.4, -0.2) is 5.78 Å². The topological polar surface area (TPSA) is 41.1 Å². The van der Waals surface area contributed by atoms with Gasteiger partial charge in [-0.2, -0.15) is 0 Å². The van der Waals surface area contributed by atoms with Gasteiger partial charge in [0.2, 0.25) is 0 Å². The van der Waals surface area contributed by atoms with Crippen molar-refractivity contribution in [3.05, 3.63) is 105 Å². The van der Waals surface area contributed by atoms with Crippen LogP contribution in [0.3, 0.4) is 0 Å². The first kappa shape index (κ1) is 21.0. The number of allylic oxidation sites excluding steroid dienone is 1. The zero-order chi connectivity index (χ0) is 22.2. The number of nitrogens with one attached hydrogen (secondary N) is 2. The third-order valence-corrected chi connectivity index (χ3v) is 6.93. The smallest absolute Gasteiger partial charge is 0.163 e. The van der Waals surface area contributed by atoms with Gasteiger partial charge in [-0.3, -0.25) is 4.79 Å². The number of ketones is 1. The van der Waals surface area contributed by atoms with Gasteiger partial charge in [0.15, 0.2) is 5.78 Å². The van der Waals surface area contributed by atoms with E-state index in [1.165, 1.54) is 17.2 Å². The second-order valence-corrected chi connectivity index (χ2v) is 9.35. The van der Waals surface area contributed by atoms with E-state index in [2.05, 4.69) is 57.8 Å². The number of aryl methyl sites for hydroxylation is 1. The second kappa shape index (κ2) is 8.55. The maximum Gasteiger partial charge on any atom is 0.163 e. The molecule has 162 valence electrons. The highest BCUT2D eigenvalue weighted by atomic mass is 79.9. The molecular formula is C27H24BrFN2O. The minimum absolute atomic E-state index is 0.0491. The van der Waals surface area contributed by atoms with E-state index in [1.54, 1.807) is 12.1 Å². The number of halogens is 2. The monoisotopic (exact) mass is 490 g/mol. The molecule has 0 fully saturated rings. The maximum absolute atomic E-state index is 14.9. The molecule has 5 heteroatoms. The molecule has 3 aromatic rings. The quantitative estimate of drug-likeness (QED) is 0.410. The Morgan fingerprint density at radius 3 is 2.50 bits per heavy atom. The van der Waals surface area contributed by atoms with Gasteiger partial charge in [-0.15, -0.1) is 0 Å². The summed E-state index contributed by atoms with van der Waals surface area (Å²) >= 11 is 3.46. The predicted molar refractivity (Wildman–Crippen MR) is 130 cm³/mol. The molecule has 0 aromatic heterocycles. The van der Waals surface area contributed by atoms with E-state index < -0.39 is 6.04 Å². The maximum atomic E-state index is 14.9. The summed E-state index contributed by atoms with van der Waals surface area (Å²) in [5, 5.41) is 6.95. The van der Waals surface area contributed by atoms with Crippen LogP contribution in [0.4, 0.5) is 15.8 Å². The molecular weight excluding hydrogens is 467 g/mol.